The molecule has 0 bridgehead atoms. The van der Waals surface area contributed by atoms with E-state index < -0.39 is 6.04 Å². The second-order valence-corrected chi connectivity index (χ2v) is 5.36. The molecule has 0 spiro atoms. The molecule has 1 aromatic carbocycles. The number of rotatable bonds is 7. The maximum atomic E-state index is 11.9. The fourth-order valence-corrected chi connectivity index (χ4v) is 1.95. The molecule has 4 nitrogen and oxygen atoms in total. The summed E-state index contributed by atoms with van der Waals surface area (Å²) in [4.78, 5) is 11.9. The third kappa shape index (κ3) is 6.82. The van der Waals surface area contributed by atoms with Crippen LogP contribution in [-0.2, 0) is 4.79 Å². The molecule has 1 rings (SSSR count). The SMILES string of the molecule is CCCC(N)C(=O)NC(C)c1ccc(OC(C)C)cc1.Cl. The van der Waals surface area contributed by atoms with Gasteiger partial charge in [-0.15, -0.1) is 12.4 Å². The summed E-state index contributed by atoms with van der Waals surface area (Å²) in [6.45, 7) is 7.96. The van der Waals surface area contributed by atoms with Crippen LogP contribution >= 0.6 is 12.4 Å². The molecular formula is C16H27ClN2O2. The second-order valence-electron chi connectivity index (χ2n) is 5.36. The monoisotopic (exact) mass is 314 g/mol. The number of benzene rings is 1. The van der Waals surface area contributed by atoms with E-state index in [9.17, 15) is 4.79 Å². The molecule has 0 aromatic heterocycles. The quantitative estimate of drug-likeness (QED) is 0.812. The molecule has 2 atom stereocenters. The maximum absolute atomic E-state index is 11.9. The van der Waals surface area contributed by atoms with Gasteiger partial charge in [0.25, 0.3) is 0 Å². The average Bonchev–Trinajstić information content (AvgIpc) is 2.39. The van der Waals surface area contributed by atoms with Crippen LogP contribution < -0.4 is 15.8 Å². The molecule has 0 aliphatic heterocycles. The van der Waals surface area contributed by atoms with Crippen LogP contribution in [0, 0.1) is 0 Å². The van der Waals surface area contributed by atoms with Crippen molar-refractivity contribution >= 4 is 18.3 Å². The fraction of sp³-hybridized carbons (Fsp3) is 0.562. The van der Waals surface area contributed by atoms with Crippen molar-refractivity contribution in [3.63, 3.8) is 0 Å². The molecule has 0 saturated heterocycles. The average molecular weight is 315 g/mol. The molecule has 0 aliphatic carbocycles. The van der Waals surface area contributed by atoms with Gasteiger partial charge in [-0.2, -0.15) is 0 Å². The molecule has 0 fully saturated rings. The van der Waals surface area contributed by atoms with Gasteiger partial charge in [-0.05, 0) is 44.9 Å². The number of ether oxygens (including phenoxy) is 1. The van der Waals surface area contributed by atoms with Crippen molar-refractivity contribution in [1.82, 2.24) is 5.32 Å². The Morgan fingerprint density at radius 1 is 1.24 bits per heavy atom. The predicted molar refractivity (Wildman–Crippen MR) is 88.9 cm³/mol. The van der Waals surface area contributed by atoms with Crippen LogP contribution in [0.2, 0.25) is 0 Å². The van der Waals surface area contributed by atoms with E-state index in [1.165, 1.54) is 0 Å². The van der Waals surface area contributed by atoms with Gasteiger partial charge < -0.3 is 15.8 Å². The summed E-state index contributed by atoms with van der Waals surface area (Å²) >= 11 is 0. The van der Waals surface area contributed by atoms with Gasteiger partial charge in [0, 0.05) is 0 Å². The van der Waals surface area contributed by atoms with Gasteiger partial charge in [0.1, 0.15) is 5.75 Å². The van der Waals surface area contributed by atoms with Crippen LogP contribution in [-0.4, -0.2) is 18.1 Å². The van der Waals surface area contributed by atoms with Crippen molar-refractivity contribution in [1.29, 1.82) is 0 Å². The Morgan fingerprint density at radius 2 is 1.81 bits per heavy atom. The number of nitrogens with one attached hydrogen (secondary N) is 1. The molecule has 0 aliphatic rings. The first-order valence-corrected chi connectivity index (χ1v) is 7.26. The van der Waals surface area contributed by atoms with Crippen molar-refractivity contribution in [2.24, 2.45) is 5.73 Å². The minimum Gasteiger partial charge on any atom is -0.491 e. The summed E-state index contributed by atoms with van der Waals surface area (Å²) in [5, 5.41) is 2.94. The molecule has 120 valence electrons. The van der Waals surface area contributed by atoms with Gasteiger partial charge >= 0.3 is 0 Å². The van der Waals surface area contributed by atoms with Crippen LogP contribution in [0.3, 0.4) is 0 Å². The third-order valence-electron chi connectivity index (χ3n) is 3.05. The highest BCUT2D eigenvalue weighted by Gasteiger charge is 2.15. The van der Waals surface area contributed by atoms with Crippen molar-refractivity contribution in [2.45, 2.75) is 58.7 Å². The van der Waals surface area contributed by atoms with Crippen LogP contribution in [0.25, 0.3) is 0 Å². The van der Waals surface area contributed by atoms with Gasteiger partial charge in [0.2, 0.25) is 5.91 Å². The van der Waals surface area contributed by atoms with Crippen LogP contribution in [0.1, 0.15) is 52.1 Å². The van der Waals surface area contributed by atoms with Gasteiger partial charge in [0.05, 0.1) is 18.2 Å². The summed E-state index contributed by atoms with van der Waals surface area (Å²) in [7, 11) is 0. The minimum absolute atomic E-state index is 0. The lowest BCUT2D eigenvalue weighted by Crippen LogP contribution is -2.41. The molecule has 0 radical (unpaired) electrons. The van der Waals surface area contributed by atoms with Gasteiger partial charge in [0.15, 0.2) is 0 Å². The maximum Gasteiger partial charge on any atom is 0.237 e. The van der Waals surface area contributed by atoms with E-state index in [-0.39, 0.29) is 30.5 Å². The highest BCUT2D eigenvalue weighted by atomic mass is 35.5. The van der Waals surface area contributed by atoms with Crippen molar-refractivity contribution in [2.75, 3.05) is 0 Å². The number of halogens is 1. The van der Waals surface area contributed by atoms with Crippen LogP contribution in [0.15, 0.2) is 24.3 Å². The van der Waals surface area contributed by atoms with Gasteiger partial charge in [-0.3, -0.25) is 4.79 Å². The standard InChI is InChI=1S/C16H26N2O2.ClH/c1-5-6-15(17)16(19)18-12(4)13-7-9-14(10-8-13)20-11(2)3;/h7-12,15H,5-6,17H2,1-4H3,(H,18,19);1H. The number of amides is 1. The Kier molecular flexibility index (Phi) is 9.06. The lowest BCUT2D eigenvalue weighted by Gasteiger charge is -2.18. The molecule has 0 heterocycles. The molecule has 2 unspecified atom stereocenters. The van der Waals surface area contributed by atoms with Gasteiger partial charge in [-0.25, -0.2) is 0 Å². The first kappa shape index (κ1) is 19.7. The summed E-state index contributed by atoms with van der Waals surface area (Å²) in [5.41, 5.74) is 6.84. The molecule has 1 amide bonds. The van der Waals surface area contributed by atoms with E-state index >= 15 is 0 Å². The zero-order chi connectivity index (χ0) is 15.1. The van der Waals surface area contributed by atoms with Gasteiger partial charge in [-0.1, -0.05) is 25.5 Å². The van der Waals surface area contributed by atoms with E-state index in [2.05, 4.69) is 5.32 Å². The van der Waals surface area contributed by atoms with E-state index in [0.717, 1.165) is 17.7 Å². The highest BCUT2D eigenvalue weighted by Crippen LogP contribution is 2.18. The van der Waals surface area contributed by atoms with Crippen molar-refractivity contribution < 1.29 is 9.53 Å². The molecule has 21 heavy (non-hydrogen) atoms. The number of carbonyl (C=O) groups excluding carboxylic acids is 1. The first-order chi connectivity index (χ1) is 9.43. The molecule has 1 aromatic rings. The molecular weight excluding hydrogens is 288 g/mol. The normalized spacial score (nSPS) is 13.2. The fourth-order valence-electron chi connectivity index (χ4n) is 1.95. The van der Waals surface area contributed by atoms with E-state index in [1.807, 2.05) is 52.0 Å². The Balaban J connectivity index is 0.00000400. The molecule has 3 N–H and O–H groups in total. The first-order valence-electron chi connectivity index (χ1n) is 7.26. The predicted octanol–water partition coefficient (Wildman–Crippen LogP) is 3.20. The third-order valence-corrected chi connectivity index (χ3v) is 3.05. The number of carbonyl (C=O) groups is 1. The summed E-state index contributed by atoms with van der Waals surface area (Å²) in [5.74, 6) is 0.742. The summed E-state index contributed by atoms with van der Waals surface area (Å²) < 4.78 is 5.59. The van der Waals surface area contributed by atoms with Crippen LogP contribution in [0.5, 0.6) is 5.75 Å². The lowest BCUT2D eigenvalue weighted by molar-refractivity contribution is -0.123. The van der Waals surface area contributed by atoms with Crippen molar-refractivity contribution in [3.05, 3.63) is 29.8 Å². The van der Waals surface area contributed by atoms with Crippen molar-refractivity contribution in [3.8, 4) is 5.75 Å². The highest BCUT2D eigenvalue weighted by molar-refractivity contribution is 5.85. The molecule has 5 heteroatoms. The smallest absolute Gasteiger partial charge is 0.237 e. The summed E-state index contributed by atoms with van der Waals surface area (Å²) in [6, 6.07) is 7.29. The minimum atomic E-state index is -0.425. The Bertz CT molecular complexity index is 421. The zero-order valence-electron chi connectivity index (χ0n) is 13.3. The van der Waals surface area contributed by atoms with E-state index in [4.69, 9.17) is 10.5 Å². The van der Waals surface area contributed by atoms with E-state index in [1.54, 1.807) is 0 Å². The summed E-state index contributed by atoms with van der Waals surface area (Å²) in [6.07, 6.45) is 1.77. The van der Waals surface area contributed by atoms with Crippen LogP contribution in [0.4, 0.5) is 0 Å². The Morgan fingerprint density at radius 3 is 2.29 bits per heavy atom. The number of hydrogen-bond donors (Lipinski definition) is 2. The Hall–Kier alpha value is -1.26. The second kappa shape index (κ2) is 9.64. The topological polar surface area (TPSA) is 64.4 Å². The lowest BCUT2D eigenvalue weighted by atomic mass is 10.1. The Labute approximate surface area is 133 Å². The molecule has 0 saturated carbocycles. The van der Waals surface area contributed by atoms with E-state index in [0.29, 0.717) is 6.42 Å². The largest absolute Gasteiger partial charge is 0.491 e. The number of nitrogens with two attached hydrogens (primary N) is 1. The zero-order valence-corrected chi connectivity index (χ0v) is 14.1. The number of hydrogen-bond acceptors (Lipinski definition) is 3.